The zero-order valence-electron chi connectivity index (χ0n) is 23.6. The Morgan fingerprint density at radius 2 is 0.867 bits per heavy atom. The molecule has 6 heterocycles. The van der Waals surface area contributed by atoms with E-state index < -0.39 is 17.1 Å². The number of aliphatic hydroxyl groups excluding tert-OH is 3. The highest BCUT2D eigenvalue weighted by molar-refractivity contribution is 8.00. The number of rotatable bonds is 6. The summed E-state index contributed by atoms with van der Waals surface area (Å²) in [6.45, 7) is -0.172. The van der Waals surface area contributed by atoms with E-state index in [0.717, 1.165) is 0 Å². The molecule has 0 aromatic carbocycles. The van der Waals surface area contributed by atoms with E-state index in [1.807, 2.05) is 0 Å². The number of hydrogen-bond acceptors (Lipinski definition) is 18. The van der Waals surface area contributed by atoms with Gasteiger partial charge in [-0.05, 0) is 18.2 Å². The number of aliphatic hydroxyl groups is 3. The molecule has 0 saturated carbocycles. The Labute approximate surface area is 267 Å². The first-order valence-electron chi connectivity index (χ1n) is 13.3. The third-order valence-corrected chi connectivity index (χ3v) is 9.46. The zero-order chi connectivity index (χ0) is 32.5. The highest BCUT2D eigenvalue weighted by Crippen LogP contribution is 2.32. The van der Waals surface area contributed by atoms with Gasteiger partial charge in [0.15, 0.2) is 0 Å². The zero-order valence-corrected chi connectivity index (χ0v) is 26.1. The fourth-order valence-electron chi connectivity index (χ4n) is 3.99. The van der Waals surface area contributed by atoms with Crippen molar-refractivity contribution in [3.05, 3.63) is 68.2 Å². The van der Waals surface area contributed by atoms with Crippen LogP contribution in [0.15, 0.2) is 51.2 Å². The van der Waals surface area contributed by atoms with Crippen LogP contribution < -0.4 is 34.3 Å². The Morgan fingerprint density at radius 3 is 1.07 bits per heavy atom. The highest BCUT2D eigenvalue weighted by Gasteiger charge is 2.29. The van der Waals surface area contributed by atoms with Gasteiger partial charge in [0.2, 0.25) is 0 Å². The molecule has 3 aromatic heterocycles. The summed E-state index contributed by atoms with van der Waals surface area (Å²) >= 11 is 4.40. The second kappa shape index (κ2) is 16.4. The fraction of sp³-hybridized carbons (Fsp3) is 0.500. The first-order valence-corrected chi connectivity index (χ1v) is 16.4. The number of nitrogen functional groups attached to an aromatic ring is 3. The van der Waals surface area contributed by atoms with E-state index in [-0.39, 0.29) is 72.3 Å². The van der Waals surface area contributed by atoms with Crippen molar-refractivity contribution >= 4 is 52.7 Å². The minimum absolute atomic E-state index is 0.0572. The molecule has 9 N–H and O–H groups in total. The monoisotopic (exact) mass is 687 g/mol. The Kier molecular flexibility index (Phi) is 12.7. The van der Waals surface area contributed by atoms with Crippen molar-refractivity contribution in [1.82, 2.24) is 28.7 Å². The van der Waals surface area contributed by atoms with Gasteiger partial charge in [-0.2, -0.15) is 15.0 Å². The molecule has 3 aliphatic rings. The number of aromatic nitrogens is 6. The lowest BCUT2D eigenvalue weighted by atomic mass is 10.5. The maximum atomic E-state index is 11.4. The van der Waals surface area contributed by atoms with Crippen molar-refractivity contribution in [2.24, 2.45) is 0 Å². The molecule has 246 valence electrons. The lowest BCUT2D eigenvalue weighted by Gasteiger charge is -2.13. The van der Waals surface area contributed by atoms with Gasteiger partial charge >= 0.3 is 17.1 Å². The van der Waals surface area contributed by atoms with E-state index in [2.05, 4.69) is 15.0 Å². The van der Waals surface area contributed by atoms with E-state index in [0.29, 0.717) is 17.3 Å². The summed E-state index contributed by atoms with van der Waals surface area (Å²) in [6, 6.07) is 4.63. The quantitative estimate of drug-likeness (QED) is 0.167. The average molecular weight is 688 g/mol. The number of thioether (sulfide) groups is 3. The second-order valence-corrected chi connectivity index (χ2v) is 12.8. The van der Waals surface area contributed by atoms with Crippen LogP contribution in [0.4, 0.5) is 17.5 Å². The van der Waals surface area contributed by atoms with Crippen molar-refractivity contribution in [3.8, 4) is 0 Å². The van der Waals surface area contributed by atoms with Crippen molar-refractivity contribution in [1.29, 1.82) is 0 Å². The van der Waals surface area contributed by atoms with Crippen molar-refractivity contribution in [2.75, 3.05) is 54.3 Å². The number of nitrogens with two attached hydrogens (primary N) is 3. The van der Waals surface area contributed by atoms with Gasteiger partial charge in [0.1, 0.15) is 52.4 Å². The summed E-state index contributed by atoms with van der Waals surface area (Å²) in [5, 5.41) is 26.6. The smallest absolute Gasteiger partial charge is 0.351 e. The normalized spacial score (nSPS) is 25.7. The van der Waals surface area contributed by atoms with E-state index in [1.54, 1.807) is 36.8 Å². The van der Waals surface area contributed by atoms with E-state index >= 15 is 0 Å². The van der Waals surface area contributed by atoms with Gasteiger partial charge < -0.3 is 46.7 Å². The van der Waals surface area contributed by atoms with Crippen LogP contribution >= 0.6 is 35.3 Å². The molecular weight excluding hydrogens is 655 g/mol. The van der Waals surface area contributed by atoms with Crippen molar-refractivity contribution in [3.63, 3.8) is 0 Å². The SMILES string of the molecule is Nc1ccn([C@@H]2CS[C@H](CO)O2)c(=O)n1.Nc1ccn([C@@H]2CS[C@H](CO)O2)c(=O)n1.Nc1ccn([C@@H]2CS[C@H](CO)O2)c(=O)n1. The lowest BCUT2D eigenvalue weighted by Crippen LogP contribution is -2.28. The first kappa shape index (κ1) is 34.7. The van der Waals surface area contributed by atoms with E-state index in [4.69, 9.17) is 46.7 Å². The van der Waals surface area contributed by atoms with Gasteiger partial charge in [-0.15, -0.1) is 35.3 Å². The predicted molar refractivity (Wildman–Crippen MR) is 169 cm³/mol. The van der Waals surface area contributed by atoms with Gasteiger partial charge in [0, 0.05) is 35.8 Å². The number of ether oxygens (including phenoxy) is 3. The maximum absolute atomic E-state index is 11.4. The molecule has 6 atom stereocenters. The molecule has 0 unspecified atom stereocenters. The second-order valence-electron chi connectivity index (χ2n) is 9.24. The van der Waals surface area contributed by atoms with Crippen molar-refractivity contribution in [2.45, 2.75) is 35.0 Å². The molecular formula is C24H33N9O9S3. The molecule has 0 spiro atoms. The first-order chi connectivity index (χ1) is 21.6. The van der Waals surface area contributed by atoms with Crippen LogP contribution in [0.25, 0.3) is 0 Å². The molecule has 21 heteroatoms. The summed E-state index contributed by atoms with van der Waals surface area (Å²) in [7, 11) is 0. The molecule has 45 heavy (non-hydrogen) atoms. The molecule has 0 aliphatic carbocycles. The van der Waals surface area contributed by atoms with Gasteiger partial charge in [0.25, 0.3) is 0 Å². The molecule has 3 aromatic rings. The molecule has 0 radical (unpaired) electrons. The molecule has 0 bridgehead atoms. The van der Waals surface area contributed by atoms with Crippen LogP contribution in [0.2, 0.25) is 0 Å². The molecule has 3 fully saturated rings. The van der Waals surface area contributed by atoms with E-state index in [9.17, 15) is 14.4 Å². The molecule has 0 amide bonds. The number of hydrogen-bond donors (Lipinski definition) is 6. The molecule has 3 aliphatic heterocycles. The van der Waals surface area contributed by atoms with Crippen LogP contribution in [-0.2, 0) is 14.2 Å². The predicted octanol–water partition coefficient (Wildman–Crippen LogP) is -1.78. The highest BCUT2D eigenvalue weighted by atomic mass is 32.2. The Bertz CT molecular complexity index is 1410. The Morgan fingerprint density at radius 1 is 0.600 bits per heavy atom. The third kappa shape index (κ3) is 9.43. The van der Waals surface area contributed by atoms with Crippen LogP contribution in [0, 0.1) is 0 Å². The Balaban J connectivity index is 0.000000154. The largest absolute Gasteiger partial charge is 0.393 e. The minimum atomic E-state index is -0.431. The van der Waals surface area contributed by atoms with Crippen LogP contribution in [-0.4, -0.2) is 97.4 Å². The molecule has 3 saturated heterocycles. The number of nitrogens with zero attached hydrogens (tertiary/aromatic N) is 6. The van der Waals surface area contributed by atoms with E-state index in [1.165, 1.54) is 49.0 Å². The summed E-state index contributed by atoms with van der Waals surface area (Å²) < 4.78 is 20.4. The summed E-state index contributed by atoms with van der Waals surface area (Å²) in [4.78, 5) is 45.1. The summed E-state index contributed by atoms with van der Waals surface area (Å²) in [6.07, 6.45) is 3.55. The van der Waals surface area contributed by atoms with Crippen LogP contribution in [0.1, 0.15) is 18.7 Å². The molecule has 18 nitrogen and oxygen atoms in total. The van der Waals surface area contributed by atoms with Gasteiger partial charge in [-0.25, -0.2) is 14.4 Å². The third-order valence-electron chi connectivity index (χ3n) is 6.13. The summed E-state index contributed by atoms with van der Waals surface area (Å²) in [5.41, 5.74) is 14.0. The lowest BCUT2D eigenvalue weighted by molar-refractivity contribution is -0.00634. The maximum Gasteiger partial charge on any atom is 0.351 e. The Hall–Kier alpha value is -3.15. The van der Waals surface area contributed by atoms with Gasteiger partial charge in [-0.1, -0.05) is 0 Å². The standard InChI is InChI=1S/3C8H11N3O3S/c3*9-5-1-2-11(8(13)10-5)6-4-15-7(3-12)14-6/h3*1-2,6-7,12H,3-4H2,(H2,9,10,13)/t3*6-,7+/m000/s1. The molecule has 6 rings (SSSR count). The van der Waals surface area contributed by atoms with Crippen molar-refractivity contribution < 1.29 is 29.5 Å². The number of anilines is 3. The fourth-order valence-corrected chi connectivity index (χ4v) is 6.78. The summed E-state index contributed by atoms with van der Waals surface area (Å²) in [5.74, 6) is 2.45. The topological polar surface area (TPSA) is 271 Å². The minimum Gasteiger partial charge on any atom is -0.393 e. The van der Waals surface area contributed by atoms with Crippen LogP contribution in [0.3, 0.4) is 0 Å². The average Bonchev–Trinajstić information content (AvgIpc) is 3.79. The van der Waals surface area contributed by atoms with Crippen LogP contribution in [0.5, 0.6) is 0 Å². The van der Waals surface area contributed by atoms with Gasteiger partial charge in [0.05, 0.1) is 19.8 Å². The van der Waals surface area contributed by atoms with Gasteiger partial charge in [-0.3, -0.25) is 13.7 Å².